The van der Waals surface area contributed by atoms with Crippen molar-refractivity contribution in [3.63, 3.8) is 0 Å². The van der Waals surface area contributed by atoms with Gasteiger partial charge in [-0.1, -0.05) is 133 Å². The van der Waals surface area contributed by atoms with Gasteiger partial charge in [0.25, 0.3) is 0 Å². The number of nitrogens with zero attached hydrogens (tertiary/aromatic N) is 2. The molecule has 6 aromatic carbocycles. The van der Waals surface area contributed by atoms with Crippen LogP contribution in [0.1, 0.15) is 46.0 Å². The summed E-state index contributed by atoms with van der Waals surface area (Å²) < 4.78 is 0. The Labute approximate surface area is 258 Å². The van der Waals surface area contributed by atoms with Gasteiger partial charge in [-0.2, -0.15) is 0 Å². The molecule has 3 nitrogen and oxygen atoms in total. The average molecular weight is 566 g/mol. The molecule has 3 heteroatoms. The van der Waals surface area contributed by atoms with E-state index in [0.717, 1.165) is 41.2 Å². The molecule has 2 aliphatic rings. The molecule has 0 radical (unpaired) electrons. The fourth-order valence-corrected chi connectivity index (χ4v) is 6.42. The lowest BCUT2D eigenvalue weighted by atomic mass is 9.85. The van der Waals surface area contributed by atoms with Crippen molar-refractivity contribution in [3.8, 4) is 11.1 Å². The van der Waals surface area contributed by atoms with Gasteiger partial charge in [0.15, 0.2) is 6.17 Å². The number of hydrogen-bond acceptors (Lipinski definition) is 3. The normalized spacial score (nSPS) is 15.9. The van der Waals surface area contributed by atoms with Gasteiger partial charge in [-0.15, -0.1) is 0 Å². The van der Waals surface area contributed by atoms with Crippen LogP contribution in [0.5, 0.6) is 0 Å². The van der Waals surface area contributed by atoms with E-state index in [0.29, 0.717) is 0 Å². The lowest BCUT2D eigenvalue weighted by molar-refractivity contribution is 0.756. The molecule has 1 heterocycles. The van der Waals surface area contributed by atoms with Crippen LogP contribution in [0, 0.1) is 0 Å². The van der Waals surface area contributed by atoms with Crippen molar-refractivity contribution in [3.05, 3.63) is 185 Å². The van der Waals surface area contributed by atoms with Crippen molar-refractivity contribution < 1.29 is 0 Å². The summed E-state index contributed by atoms with van der Waals surface area (Å²) in [7, 11) is 0. The first kappa shape index (κ1) is 26.1. The van der Waals surface area contributed by atoms with Crippen LogP contribution >= 0.6 is 0 Å². The van der Waals surface area contributed by atoms with Crippen molar-refractivity contribution in [1.82, 2.24) is 5.32 Å². The highest BCUT2D eigenvalue weighted by Crippen LogP contribution is 2.37. The molecule has 0 amide bonds. The van der Waals surface area contributed by atoms with Gasteiger partial charge < -0.3 is 5.32 Å². The topological polar surface area (TPSA) is 36.8 Å². The summed E-state index contributed by atoms with van der Waals surface area (Å²) in [5.41, 5.74) is 10.7. The molecule has 1 aliphatic heterocycles. The van der Waals surface area contributed by atoms with Crippen molar-refractivity contribution in [2.45, 2.75) is 19.0 Å². The molecule has 1 N–H and O–H groups in total. The molecule has 0 bridgehead atoms. The second-order valence-electron chi connectivity index (χ2n) is 11.4. The maximum Gasteiger partial charge on any atom is 0.169 e. The van der Waals surface area contributed by atoms with Crippen molar-refractivity contribution in [1.29, 1.82) is 0 Å². The molecule has 1 atom stereocenters. The van der Waals surface area contributed by atoms with Gasteiger partial charge in [0.05, 0.1) is 0 Å². The molecule has 210 valence electrons. The molecule has 8 rings (SSSR count). The van der Waals surface area contributed by atoms with Gasteiger partial charge >= 0.3 is 0 Å². The number of benzene rings is 6. The van der Waals surface area contributed by atoms with Gasteiger partial charge in [0.1, 0.15) is 11.7 Å². The Bertz CT molecular complexity index is 2080. The molecule has 0 saturated heterocycles. The van der Waals surface area contributed by atoms with Gasteiger partial charge in [-0.05, 0) is 80.8 Å². The van der Waals surface area contributed by atoms with E-state index in [1.54, 1.807) is 0 Å². The zero-order chi connectivity index (χ0) is 29.3. The van der Waals surface area contributed by atoms with Crippen molar-refractivity contribution >= 4 is 28.0 Å². The first-order chi connectivity index (χ1) is 21.8. The van der Waals surface area contributed by atoms with Crippen LogP contribution < -0.4 is 5.32 Å². The average Bonchev–Trinajstić information content (AvgIpc) is 3.11. The van der Waals surface area contributed by atoms with E-state index in [-0.39, 0.29) is 6.17 Å². The minimum Gasteiger partial charge on any atom is -0.324 e. The highest BCUT2D eigenvalue weighted by Gasteiger charge is 2.23. The van der Waals surface area contributed by atoms with Gasteiger partial charge in [-0.3, -0.25) is 0 Å². The Kier molecular flexibility index (Phi) is 6.69. The maximum atomic E-state index is 5.22. The van der Waals surface area contributed by atoms with E-state index in [1.165, 1.54) is 44.2 Å². The largest absolute Gasteiger partial charge is 0.324 e. The second-order valence-corrected chi connectivity index (χ2v) is 11.4. The van der Waals surface area contributed by atoms with Crippen LogP contribution in [0.4, 0.5) is 0 Å². The van der Waals surface area contributed by atoms with E-state index in [4.69, 9.17) is 9.98 Å². The molecule has 1 aliphatic carbocycles. The number of rotatable bonds is 5. The fourth-order valence-electron chi connectivity index (χ4n) is 6.42. The van der Waals surface area contributed by atoms with Crippen LogP contribution in [-0.2, 0) is 6.42 Å². The number of allylic oxidation sites excluding steroid dienone is 1. The zero-order valence-corrected chi connectivity index (χ0v) is 24.3. The third-order valence-corrected chi connectivity index (χ3v) is 8.57. The second kappa shape index (κ2) is 11.3. The third-order valence-electron chi connectivity index (χ3n) is 8.57. The highest BCUT2D eigenvalue weighted by atomic mass is 15.2. The molecule has 0 aromatic heterocycles. The van der Waals surface area contributed by atoms with E-state index in [2.05, 4.69) is 145 Å². The first-order valence-electron chi connectivity index (χ1n) is 15.3. The third kappa shape index (κ3) is 4.93. The number of fused-ring (bicyclic) bond motifs is 2. The predicted octanol–water partition coefficient (Wildman–Crippen LogP) is 9.38. The SMILES string of the molecule is C1=C(c2cc(C3=NC(c4ccccc4)N=C(c4ccccc4)N3)cc(-c3cccc4ccccc34)c2)c2ccccc2CC1. The number of aliphatic imine (C=N–C) groups is 2. The summed E-state index contributed by atoms with van der Waals surface area (Å²) in [6.07, 6.45) is 4.15. The van der Waals surface area contributed by atoms with Crippen LogP contribution in [0.3, 0.4) is 0 Å². The maximum absolute atomic E-state index is 5.22. The Morgan fingerprint density at radius 2 is 1.16 bits per heavy atom. The first-order valence-corrected chi connectivity index (χ1v) is 15.3. The Balaban J connectivity index is 1.33. The number of aryl methyl sites for hydroxylation is 1. The number of hydrogen-bond donors (Lipinski definition) is 1. The number of nitrogens with one attached hydrogen (secondary N) is 1. The van der Waals surface area contributed by atoms with Gasteiger partial charge in [0, 0.05) is 11.1 Å². The lowest BCUT2D eigenvalue weighted by Crippen LogP contribution is -2.36. The highest BCUT2D eigenvalue weighted by molar-refractivity contribution is 6.16. The summed E-state index contributed by atoms with van der Waals surface area (Å²) in [5.74, 6) is 1.64. The molecule has 0 spiro atoms. The van der Waals surface area contributed by atoms with E-state index in [1.807, 2.05) is 12.1 Å². The van der Waals surface area contributed by atoms with E-state index < -0.39 is 0 Å². The molecule has 44 heavy (non-hydrogen) atoms. The molecule has 0 saturated carbocycles. The smallest absolute Gasteiger partial charge is 0.169 e. The molecule has 6 aromatic rings. The Morgan fingerprint density at radius 3 is 2.02 bits per heavy atom. The minimum absolute atomic E-state index is 0.345. The van der Waals surface area contributed by atoms with E-state index in [9.17, 15) is 0 Å². The molecular formula is C41H31N3. The molecule has 0 fully saturated rings. The Hall–Kier alpha value is -5.54. The fraction of sp³-hybridized carbons (Fsp3) is 0.0732. The Morgan fingerprint density at radius 1 is 0.523 bits per heavy atom. The molecular weight excluding hydrogens is 534 g/mol. The van der Waals surface area contributed by atoms with E-state index >= 15 is 0 Å². The predicted molar refractivity (Wildman–Crippen MR) is 183 cm³/mol. The van der Waals surface area contributed by atoms with Crippen LogP contribution in [0.25, 0.3) is 27.5 Å². The monoisotopic (exact) mass is 565 g/mol. The summed E-state index contributed by atoms with van der Waals surface area (Å²) in [6.45, 7) is 0. The van der Waals surface area contributed by atoms with Crippen molar-refractivity contribution in [2.75, 3.05) is 0 Å². The van der Waals surface area contributed by atoms with Gasteiger partial charge in [-0.25, -0.2) is 9.98 Å². The lowest BCUT2D eigenvalue weighted by Gasteiger charge is -2.24. The van der Waals surface area contributed by atoms with Crippen LogP contribution in [0.2, 0.25) is 0 Å². The standard InChI is InChI=1S/C41H31N3/c1-3-15-30(16-4-1)39-42-40(31-17-5-2-6-18-31)44-41(43-39)34-26-32(37-23-11-19-28-13-7-9-21-35(28)37)25-33(27-34)38-24-12-20-29-14-8-10-22-36(29)38/h1-11,13-19,21-27,39H,12,20H2,(H,42,43,44). The zero-order valence-electron chi connectivity index (χ0n) is 24.3. The van der Waals surface area contributed by atoms with Crippen molar-refractivity contribution in [2.24, 2.45) is 9.98 Å². The summed E-state index contributed by atoms with van der Waals surface area (Å²) >= 11 is 0. The summed E-state index contributed by atoms with van der Waals surface area (Å²) in [5, 5.41) is 6.10. The molecule has 1 unspecified atom stereocenters. The summed E-state index contributed by atoms with van der Waals surface area (Å²) in [6, 6.07) is 51.6. The quantitative estimate of drug-likeness (QED) is 0.222. The van der Waals surface area contributed by atoms with Gasteiger partial charge in [0.2, 0.25) is 0 Å². The summed E-state index contributed by atoms with van der Waals surface area (Å²) in [4.78, 5) is 10.3. The minimum atomic E-state index is -0.345. The number of amidine groups is 2. The van der Waals surface area contributed by atoms with Crippen LogP contribution in [-0.4, -0.2) is 11.7 Å². The van der Waals surface area contributed by atoms with Crippen LogP contribution in [0.15, 0.2) is 162 Å².